The summed E-state index contributed by atoms with van der Waals surface area (Å²) in [6, 6.07) is 9.04. The molecule has 0 amide bonds. The number of hydrogen-bond acceptors (Lipinski definition) is 4. The fourth-order valence-electron chi connectivity index (χ4n) is 2.52. The smallest absolute Gasteiger partial charge is 0.336 e. The number of pyridine rings is 1. The zero-order valence-electron chi connectivity index (χ0n) is 12.5. The molecule has 21 heavy (non-hydrogen) atoms. The molecule has 0 aliphatic rings. The number of aromatic nitrogens is 1. The van der Waals surface area contributed by atoms with E-state index >= 15 is 0 Å². The Hall–Kier alpha value is -2.14. The van der Waals surface area contributed by atoms with Crippen LogP contribution < -0.4 is 4.90 Å². The summed E-state index contributed by atoms with van der Waals surface area (Å²) >= 11 is 0. The molecule has 0 radical (unpaired) electrons. The Bertz CT molecular complexity index is 642. The first-order chi connectivity index (χ1) is 10.1. The van der Waals surface area contributed by atoms with Gasteiger partial charge in [-0.3, -0.25) is 0 Å². The number of carboxylic acid groups (broad SMARTS) is 1. The van der Waals surface area contributed by atoms with E-state index in [0.717, 1.165) is 12.4 Å². The minimum atomic E-state index is -0.935. The van der Waals surface area contributed by atoms with Crippen molar-refractivity contribution in [2.75, 3.05) is 25.2 Å². The van der Waals surface area contributed by atoms with E-state index in [-0.39, 0.29) is 11.6 Å². The van der Waals surface area contributed by atoms with Crippen LogP contribution in [0.3, 0.4) is 0 Å². The molecule has 1 heterocycles. The topological polar surface area (TPSA) is 62.7 Å². The van der Waals surface area contributed by atoms with Gasteiger partial charge in [0.1, 0.15) is 5.82 Å². The number of ether oxygens (including phenoxy) is 1. The van der Waals surface area contributed by atoms with Crippen LogP contribution in [0, 0.1) is 0 Å². The maximum absolute atomic E-state index is 11.2. The summed E-state index contributed by atoms with van der Waals surface area (Å²) < 4.78 is 5.20. The predicted molar refractivity (Wildman–Crippen MR) is 83.1 cm³/mol. The molecule has 112 valence electrons. The standard InChI is InChI=1S/C16H20N2O3/c1-4-18(11(2)10-21-3)15-9-8-12-13(16(19)20)6-5-7-14(12)17-15/h5-9,11H,4,10H2,1-3H3,(H,19,20). The number of benzene rings is 1. The van der Waals surface area contributed by atoms with E-state index in [9.17, 15) is 9.90 Å². The van der Waals surface area contributed by atoms with Gasteiger partial charge in [-0.05, 0) is 38.1 Å². The normalized spacial score (nSPS) is 12.3. The second kappa shape index (κ2) is 6.54. The van der Waals surface area contributed by atoms with Crippen molar-refractivity contribution >= 4 is 22.7 Å². The number of rotatable bonds is 6. The van der Waals surface area contributed by atoms with E-state index in [1.54, 1.807) is 19.2 Å². The summed E-state index contributed by atoms with van der Waals surface area (Å²) in [7, 11) is 1.68. The van der Waals surface area contributed by atoms with Gasteiger partial charge in [0.05, 0.1) is 23.7 Å². The molecule has 2 rings (SSSR count). The maximum Gasteiger partial charge on any atom is 0.336 e. The van der Waals surface area contributed by atoms with Gasteiger partial charge >= 0.3 is 5.97 Å². The first-order valence-electron chi connectivity index (χ1n) is 6.97. The van der Waals surface area contributed by atoms with E-state index in [4.69, 9.17) is 4.74 Å². The van der Waals surface area contributed by atoms with Gasteiger partial charge in [0.25, 0.3) is 0 Å². The number of hydrogen-bond donors (Lipinski definition) is 1. The molecule has 0 fully saturated rings. The summed E-state index contributed by atoms with van der Waals surface area (Å²) in [4.78, 5) is 18.0. The molecule has 1 aromatic heterocycles. The minimum Gasteiger partial charge on any atom is -0.478 e. The molecule has 1 N–H and O–H groups in total. The largest absolute Gasteiger partial charge is 0.478 e. The molecule has 5 nitrogen and oxygen atoms in total. The summed E-state index contributed by atoms with van der Waals surface area (Å²) in [5.74, 6) is -0.104. The van der Waals surface area contributed by atoms with Gasteiger partial charge in [0.2, 0.25) is 0 Å². The fourth-order valence-corrected chi connectivity index (χ4v) is 2.52. The van der Waals surface area contributed by atoms with Crippen LogP contribution in [-0.4, -0.2) is 42.4 Å². The molecular formula is C16H20N2O3. The molecule has 1 unspecified atom stereocenters. The molecule has 0 bridgehead atoms. The Morgan fingerprint density at radius 2 is 2.14 bits per heavy atom. The third-order valence-electron chi connectivity index (χ3n) is 3.52. The number of methoxy groups -OCH3 is 1. The van der Waals surface area contributed by atoms with Crippen LogP contribution in [0.4, 0.5) is 5.82 Å². The van der Waals surface area contributed by atoms with E-state index in [0.29, 0.717) is 17.5 Å². The zero-order chi connectivity index (χ0) is 15.4. The lowest BCUT2D eigenvalue weighted by Gasteiger charge is -2.28. The van der Waals surface area contributed by atoms with E-state index in [2.05, 4.69) is 23.7 Å². The van der Waals surface area contributed by atoms with Gasteiger partial charge in [0.15, 0.2) is 0 Å². The van der Waals surface area contributed by atoms with Gasteiger partial charge < -0.3 is 14.7 Å². The summed E-state index contributed by atoms with van der Waals surface area (Å²) in [6.45, 7) is 5.56. The van der Waals surface area contributed by atoms with E-state index in [1.807, 2.05) is 18.2 Å². The van der Waals surface area contributed by atoms with Crippen molar-refractivity contribution in [1.29, 1.82) is 0 Å². The molecule has 2 aromatic rings. The van der Waals surface area contributed by atoms with Gasteiger partial charge in [-0.2, -0.15) is 0 Å². The van der Waals surface area contributed by atoms with Crippen LogP contribution in [-0.2, 0) is 4.74 Å². The molecular weight excluding hydrogens is 268 g/mol. The quantitative estimate of drug-likeness (QED) is 0.885. The van der Waals surface area contributed by atoms with Crippen molar-refractivity contribution in [2.24, 2.45) is 0 Å². The number of anilines is 1. The van der Waals surface area contributed by atoms with Crippen molar-refractivity contribution < 1.29 is 14.6 Å². The first-order valence-corrected chi connectivity index (χ1v) is 6.97. The molecule has 0 spiro atoms. The molecule has 0 aliphatic carbocycles. The van der Waals surface area contributed by atoms with Crippen LogP contribution in [0.1, 0.15) is 24.2 Å². The summed E-state index contributed by atoms with van der Waals surface area (Å²) in [5, 5.41) is 9.87. The number of carbonyl (C=O) groups is 1. The lowest BCUT2D eigenvalue weighted by Crippen LogP contribution is -2.36. The Balaban J connectivity index is 2.45. The molecule has 0 aliphatic heterocycles. The highest BCUT2D eigenvalue weighted by Gasteiger charge is 2.15. The first kappa shape index (κ1) is 15.3. The zero-order valence-corrected chi connectivity index (χ0v) is 12.5. The average molecular weight is 288 g/mol. The molecule has 0 saturated heterocycles. The highest BCUT2D eigenvalue weighted by atomic mass is 16.5. The Kier molecular flexibility index (Phi) is 4.75. The summed E-state index contributed by atoms with van der Waals surface area (Å²) in [5.41, 5.74) is 0.968. The van der Waals surface area contributed by atoms with E-state index < -0.39 is 5.97 Å². The van der Waals surface area contributed by atoms with Crippen LogP contribution in [0.15, 0.2) is 30.3 Å². The SMILES string of the molecule is CCN(c1ccc2c(C(=O)O)cccc2n1)C(C)COC. The molecule has 5 heteroatoms. The van der Waals surface area contributed by atoms with Crippen LogP contribution in [0.2, 0.25) is 0 Å². The van der Waals surface area contributed by atoms with Gasteiger partial charge in [-0.25, -0.2) is 9.78 Å². The second-order valence-electron chi connectivity index (χ2n) is 4.94. The van der Waals surface area contributed by atoms with Crippen molar-refractivity contribution in [3.05, 3.63) is 35.9 Å². The van der Waals surface area contributed by atoms with Crippen molar-refractivity contribution in [1.82, 2.24) is 4.98 Å². The lowest BCUT2D eigenvalue weighted by molar-refractivity contribution is 0.0699. The number of likely N-dealkylation sites (N-methyl/N-ethyl adjacent to an activating group) is 1. The van der Waals surface area contributed by atoms with Crippen molar-refractivity contribution in [2.45, 2.75) is 19.9 Å². The van der Waals surface area contributed by atoms with Gasteiger partial charge in [-0.15, -0.1) is 0 Å². The summed E-state index contributed by atoms with van der Waals surface area (Å²) in [6.07, 6.45) is 0. The van der Waals surface area contributed by atoms with Crippen LogP contribution >= 0.6 is 0 Å². The lowest BCUT2D eigenvalue weighted by atomic mass is 10.1. The second-order valence-corrected chi connectivity index (χ2v) is 4.94. The highest BCUT2D eigenvalue weighted by Crippen LogP contribution is 2.22. The van der Waals surface area contributed by atoms with Crippen molar-refractivity contribution in [3.63, 3.8) is 0 Å². The van der Waals surface area contributed by atoms with Crippen LogP contribution in [0.5, 0.6) is 0 Å². The molecule has 0 saturated carbocycles. The Labute approximate surface area is 124 Å². The number of aromatic carboxylic acids is 1. The highest BCUT2D eigenvalue weighted by molar-refractivity contribution is 6.02. The van der Waals surface area contributed by atoms with E-state index in [1.165, 1.54) is 0 Å². The van der Waals surface area contributed by atoms with Gasteiger partial charge in [0, 0.05) is 19.0 Å². The number of fused-ring (bicyclic) bond motifs is 1. The average Bonchev–Trinajstić information content (AvgIpc) is 2.47. The molecule has 1 atom stereocenters. The molecule has 1 aromatic carbocycles. The predicted octanol–water partition coefficient (Wildman–Crippen LogP) is 2.79. The monoisotopic (exact) mass is 288 g/mol. The Morgan fingerprint density at radius 1 is 1.38 bits per heavy atom. The Morgan fingerprint density at radius 3 is 2.76 bits per heavy atom. The number of carboxylic acids is 1. The third-order valence-corrected chi connectivity index (χ3v) is 3.52. The van der Waals surface area contributed by atoms with Crippen LogP contribution in [0.25, 0.3) is 10.9 Å². The number of nitrogens with zero attached hydrogens (tertiary/aromatic N) is 2. The minimum absolute atomic E-state index is 0.201. The maximum atomic E-state index is 11.2. The third kappa shape index (κ3) is 3.13. The fraction of sp³-hybridized carbons (Fsp3) is 0.375. The van der Waals surface area contributed by atoms with Gasteiger partial charge in [-0.1, -0.05) is 6.07 Å². The van der Waals surface area contributed by atoms with Crippen molar-refractivity contribution in [3.8, 4) is 0 Å².